The molecule has 0 aliphatic carbocycles. The molecule has 0 radical (unpaired) electrons. The maximum Gasteiger partial charge on any atom is 0.273 e. The first-order valence-corrected chi connectivity index (χ1v) is 8.23. The van der Waals surface area contributed by atoms with Crippen LogP contribution in [0.1, 0.15) is 31.6 Å². The van der Waals surface area contributed by atoms with Crippen LogP contribution in [0.2, 0.25) is 0 Å². The van der Waals surface area contributed by atoms with Crippen molar-refractivity contribution in [2.75, 3.05) is 25.0 Å². The molecule has 0 spiro atoms. The standard InChI is InChI=1S/C16H22ClN5O2/c1-2-3-11(18)14(17)15(19)16(23)22-10-4-5-12(21-8-10)13-9-20-6-7-24-13/h4-5,8,13,18,20H,2-3,6-7,9,19H2,1H3,(H,22,23)/b15-14+,18-11?/t13-/m0/s1. The minimum absolute atomic E-state index is 0.0133. The summed E-state index contributed by atoms with van der Waals surface area (Å²) in [6.45, 7) is 4.12. The Kier molecular flexibility index (Phi) is 6.72. The molecule has 1 aliphatic heterocycles. The molecule has 1 amide bonds. The Morgan fingerprint density at radius 3 is 2.96 bits per heavy atom. The highest BCUT2D eigenvalue weighted by Gasteiger charge is 2.18. The molecule has 0 unspecified atom stereocenters. The van der Waals surface area contributed by atoms with Crippen molar-refractivity contribution in [2.45, 2.75) is 25.9 Å². The normalized spacial score (nSPS) is 18.7. The summed E-state index contributed by atoms with van der Waals surface area (Å²) in [7, 11) is 0. The van der Waals surface area contributed by atoms with Gasteiger partial charge in [0.15, 0.2) is 0 Å². The second-order valence-corrected chi connectivity index (χ2v) is 5.82. The number of hydrogen-bond acceptors (Lipinski definition) is 6. The lowest BCUT2D eigenvalue weighted by molar-refractivity contribution is -0.112. The number of nitrogens with zero attached hydrogens (tertiary/aromatic N) is 1. The highest BCUT2D eigenvalue weighted by molar-refractivity contribution is 6.45. The van der Waals surface area contributed by atoms with Crippen molar-refractivity contribution in [2.24, 2.45) is 5.73 Å². The Balaban J connectivity index is 2.01. The number of morpholine rings is 1. The average Bonchev–Trinajstić information content (AvgIpc) is 2.62. The van der Waals surface area contributed by atoms with Crippen molar-refractivity contribution in [1.29, 1.82) is 5.41 Å². The fraction of sp³-hybridized carbons (Fsp3) is 0.438. The van der Waals surface area contributed by atoms with E-state index in [-0.39, 0.29) is 22.5 Å². The number of ether oxygens (including phenoxy) is 1. The zero-order chi connectivity index (χ0) is 17.5. The van der Waals surface area contributed by atoms with E-state index >= 15 is 0 Å². The van der Waals surface area contributed by atoms with Gasteiger partial charge in [0.1, 0.15) is 11.8 Å². The second-order valence-electron chi connectivity index (χ2n) is 5.45. The van der Waals surface area contributed by atoms with Crippen molar-refractivity contribution >= 4 is 28.9 Å². The van der Waals surface area contributed by atoms with Crippen LogP contribution in [-0.4, -0.2) is 36.3 Å². The van der Waals surface area contributed by atoms with E-state index in [4.69, 9.17) is 27.5 Å². The lowest BCUT2D eigenvalue weighted by Crippen LogP contribution is -2.33. The Labute approximate surface area is 146 Å². The highest BCUT2D eigenvalue weighted by Crippen LogP contribution is 2.18. The van der Waals surface area contributed by atoms with Crippen LogP contribution in [-0.2, 0) is 9.53 Å². The molecular weight excluding hydrogens is 330 g/mol. The number of nitrogens with two attached hydrogens (primary N) is 1. The minimum atomic E-state index is -0.550. The quantitative estimate of drug-likeness (QED) is 0.462. The molecule has 0 bridgehead atoms. The van der Waals surface area contributed by atoms with Crippen LogP contribution < -0.4 is 16.4 Å². The molecule has 1 aliphatic rings. The minimum Gasteiger partial charge on any atom is -0.393 e. The van der Waals surface area contributed by atoms with Crippen LogP contribution in [0, 0.1) is 5.41 Å². The largest absolute Gasteiger partial charge is 0.393 e. The molecule has 2 rings (SSSR count). The number of halogens is 1. The lowest BCUT2D eigenvalue weighted by atomic mass is 10.2. The summed E-state index contributed by atoms with van der Waals surface area (Å²) in [6, 6.07) is 3.53. The zero-order valence-corrected chi connectivity index (χ0v) is 14.3. The topological polar surface area (TPSA) is 113 Å². The molecular formula is C16H22ClN5O2. The van der Waals surface area contributed by atoms with Gasteiger partial charge in [0, 0.05) is 13.1 Å². The van der Waals surface area contributed by atoms with E-state index in [0.717, 1.165) is 18.7 Å². The molecule has 0 aromatic carbocycles. The summed E-state index contributed by atoms with van der Waals surface area (Å²) in [4.78, 5) is 16.4. The lowest BCUT2D eigenvalue weighted by Gasteiger charge is -2.23. The van der Waals surface area contributed by atoms with E-state index in [1.54, 1.807) is 18.3 Å². The number of allylic oxidation sites excluding steroid dienone is 1. The maximum atomic E-state index is 12.1. The molecule has 0 saturated carbocycles. The maximum absolute atomic E-state index is 12.1. The Bertz CT molecular complexity index is 624. The van der Waals surface area contributed by atoms with Gasteiger partial charge in [-0.3, -0.25) is 9.78 Å². The summed E-state index contributed by atoms with van der Waals surface area (Å²) < 4.78 is 5.62. The number of amides is 1. The van der Waals surface area contributed by atoms with Gasteiger partial charge in [-0.2, -0.15) is 0 Å². The molecule has 2 heterocycles. The van der Waals surface area contributed by atoms with E-state index in [1.165, 1.54) is 0 Å². The van der Waals surface area contributed by atoms with E-state index in [1.807, 2.05) is 6.92 Å². The summed E-state index contributed by atoms with van der Waals surface area (Å²) in [5, 5.41) is 13.6. The van der Waals surface area contributed by atoms with Crippen molar-refractivity contribution in [3.05, 3.63) is 34.8 Å². The van der Waals surface area contributed by atoms with Gasteiger partial charge >= 0.3 is 0 Å². The van der Waals surface area contributed by atoms with Crippen LogP contribution in [0.4, 0.5) is 5.69 Å². The predicted molar refractivity (Wildman–Crippen MR) is 94.1 cm³/mol. The van der Waals surface area contributed by atoms with Crippen LogP contribution >= 0.6 is 11.6 Å². The number of nitrogens with one attached hydrogen (secondary N) is 3. The number of carbonyl (C=O) groups is 1. The van der Waals surface area contributed by atoms with Gasteiger partial charge in [0.25, 0.3) is 5.91 Å². The van der Waals surface area contributed by atoms with Gasteiger partial charge in [0.05, 0.1) is 34.9 Å². The number of hydrogen-bond donors (Lipinski definition) is 4. The van der Waals surface area contributed by atoms with Gasteiger partial charge < -0.3 is 26.5 Å². The van der Waals surface area contributed by atoms with Gasteiger partial charge in [-0.25, -0.2) is 0 Å². The van der Waals surface area contributed by atoms with Gasteiger partial charge in [-0.05, 0) is 18.6 Å². The van der Waals surface area contributed by atoms with Crippen molar-refractivity contribution in [1.82, 2.24) is 10.3 Å². The molecule has 8 heteroatoms. The smallest absolute Gasteiger partial charge is 0.273 e. The third-order valence-corrected chi connectivity index (χ3v) is 3.98. The number of anilines is 1. The Morgan fingerprint density at radius 1 is 1.58 bits per heavy atom. The Hall–Kier alpha value is -1.96. The SMILES string of the molecule is CCCC(=N)/C(Cl)=C(\N)C(=O)Nc1ccc([C@@H]2CNCCO2)nc1. The molecule has 1 fully saturated rings. The third kappa shape index (κ3) is 4.77. The first-order valence-electron chi connectivity index (χ1n) is 7.85. The van der Waals surface area contributed by atoms with Crippen LogP contribution in [0.15, 0.2) is 29.1 Å². The van der Waals surface area contributed by atoms with E-state index in [2.05, 4.69) is 15.6 Å². The molecule has 24 heavy (non-hydrogen) atoms. The third-order valence-electron chi connectivity index (χ3n) is 3.55. The molecule has 1 aromatic heterocycles. The molecule has 130 valence electrons. The fourth-order valence-corrected chi connectivity index (χ4v) is 2.43. The predicted octanol–water partition coefficient (Wildman–Crippen LogP) is 1.91. The van der Waals surface area contributed by atoms with Crippen LogP contribution in [0.5, 0.6) is 0 Å². The van der Waals surface area contributed by atoms with Crippen molar-refractivity contribution < 1.29 is 9.53 Å². The summed E-state index contributed by atoms with van der Waals surface area (Å²) in [6.07, 6.45) is 2.69. The second kappa shape index (κ2) is 8.77. The van der Waals surface area contributed by atoms with Gasteiger partial charge in [0.2, 0.25) is 0 Å². The highest BCUT2D eigenvalue weighted by atomic mass is 35.5. The summed E-state index contributed by atoms with van der Waals surface area (Å²) in [5.74, 6) is -0.550. The molecule has 7 nitrogen and oxygen atoms in total. The van der Waals surface area contributed by atoms with Gasteiger partial charge in [-0.1, -0.05) is 24.9 Å². The monoisotopic (exact) mass is 351 g/mol. The first-order chi connectivity index (χ1) is 11.5. The Morgan fingerprint density at radius 2 is 2.38 bits per heavy atom. The number of carbonyl (C=O) groups excluding carboxylic acids is 1. The molecule has 1 atom stereocenters. The number of aromatic nitrogens is 1. The first kappa shape index (κ1) is 18.4. The fourth-order valence-electron chi connectivity index (χ4n) is 2.25. The van der Waals surface area contributed by atoms with Gasteiger partial charge in [-0.15, -0.1) is 0 Å². The van der Waals surface area contributed by atoms with E-state index < -0.39 is 5.91 Å². The van der Waals surface area contributed by atoms with Crippen molar-refractivity contribution in [3.63, 3.8) is 0 Å². The number of pyridine rings is 1. The van der Waals surface area contributed by atoms with Crippen LogP contribution in [0.3, 0.4) is 0 Å². The summed E-state index contributed by atoms with van der Waals surface area (Å²) >= 11 is 5.98. The van der Waals surface area contributed by atoms with E-state index in [9.17, 15) is 4.79 Å². The van der Waals surface area contributed by atoms with Crippen molar-refractivity contribution in [3.8, 4) is 0 Å². The average molecular weight is 352 g/mol. The molecule has 5 N–H and O–H groups in total. The van der Waals surface area contributed by atoms with Crippen LogP contribution in [0.25, 0.3) is 0 Å². The zero-order valence-electron chi connectivity index (χ0n) is 13.6. The van der Waals surface area contributed by atoms with E-state index in [0.29, 0.717) is 25.3 Å². The number of rotatable bonds is 6. The summed E-state index contributed by atoms with van der Waals surface area (Å²) in [5.41, 5.74) is 7.02. The molecule has 1 aromatic rings. The molecule has 1 saturated heterocycles.